The monoisotopic (exact) mass is 365 g/mol. The average molecular weight is 366 g/mol. The van der Waals surface area contributed by atoms with Crippen LogP contribution in [0.25, 0.3) is 0 Å². The normalized spacial score (nSPS) is 21.5. The molecule has 1 saturated carbocycles. The molecule has 2 fully saturated rings. The molecule has 3 rings (SSSR count). The van der Waals surface area contributed by atoms with Crippen molar-refractivity contribution in [1.82, 2.24) is 15.5 Å². The van der Waals surface area contributed by atoms with Gasteiger partial charge < -0.3 is 15.5 Å². The van der Waals surface area contributed by atoms with E-state index in [1.807, 2.05) is 35.2 Å². The molecule has 1 saturated heterocycles. The number of benzene rings is 1. The predicted molar refractivity (Wildman–Crippen MR) is 101 cm³/mol. The van der Waals surface area contributed by atoms with Crippen molar-refractivity contribution in [2.24, 2.45) is 0 Å². The van der Waals surface area contributed by atoms with E-state index in [0.29, 0.717) is 19.1 Å². The van der Waals surface area contributed by atoms with Crippen LogP contribution in [0.1, 0.15) is 44.1 Å². The second-order valence-corrected chi connectivity index (χ2v) is 6.86. The lowest BCUT2D eigenvalue weighted by Gasteiger charge is -2.33. The molecule has 2 amide bonds. The van der Waals surface area contributed by atoms with Crippen LogP contribution in [0.3, 0.4) is 0 Å². The summed E-state index contributed by atoms with van der Waals surface area (Å²) in [5, 5.41) is 6.30. The van der Waals surface area contributed by atoms with E-state index in [1.54, 1.807) is 0 Å². The number of amides is 2. The fourth-order valence-electron chi connectivity index (χ4n) is 3.63. The lowest BCUT2D eigenvalue weighted by Crippen LogP contribution is -2.56. The molecule has 6 heteroatoms. The first-order valence-electron chi connectivity index (χ1n) is 9.08. The summed E-state index contributed by atoms with van der Waals surface area (Å²) in [4.78, 5) is 26.8. The van der Waals surface area contributed by atoms with Gasteiger partial charge >= 0.3 is 0 Å². The minimum absolute atomic E-state index is 0. The van der Waals surface area contributed by atoms with Crippen LogP contribution in [0.15, 0.2) is 30.3 Å². The van der Waals surface area contributed by atoms with Gasteiger partial charge in [-0.3, -0.25) is 9.59 Å². The number of carbonyl (C=O) groups is 2. The Morgan fingerprint density at radius 3 is 2.60 bits per heavy atom. The summed E-state index contributed by atoms with van der Waals surface area (Å²) in [5.74, 6) is 0.0261. The van der Waals surface area contributed by atoms with Crippen LogP contribution in [-0.4, -0.2) is 41.9 Å². The molecule has 25 heavy (non-hydrogen) atoms. The van der Waals surface area contributed by atoms with Gasteiger partial charge in [0.2, 0.25) is 11.8 Å². The van der Waals surface area contributed by atoms with Crippen LogP contribution in [-0.2, 0) is 16.1 Å². The third-order valence-electron chi connectivity index (χ3n) is 4.96. The number of nitrogens with one attached hydrogen (secondary N) is 2. The number of hydrogen-bond acceptors (Lipinski definition) is 3. The molecule has 1 heterocycles. The summed E-state index contributed by atoms with van der Waals surface area (Å²) in [5.41, 5.74) is 1.12. The second-order valence-electron chi connectivity index (χ2n) is 6.86. The number of nitrogens with zero attached hydrogens (tertiary/aromatic N) is 1. The Labute approximate surface area is 155 Å². The largest absolute Gasteiger partial charge is 0.353 e. The topological polar surface area (TPSA) is 61.4 Å². The summed E-state index contributed by atoms with van der Waals surface area (Å²) in [6.07, 6.45) is 6.02. The van der Waals surface area contributed by atoms with Gasteiger partial charge in [-0.15, -0.1) is 12.4 Å². The third-order valence-corrected chi connectivity index (χ3v) is 4.96. The van der Waals surface area contributed by atoms with E-state index in [9.17, 15) is 9.59 Å². The van der Waals surface area contributed by atoms with Gasteiger partial charge in [0.1, 0.15) is 0 Å². The quantitative estimate of drug-likeness (QED) is 0.841. The smallest absolute Gasteiger partial charge is 0.240 e. The molecule has 1 aromatic rings. The third kappa shape index (κ3) is 5.72. The van der Waals surface area contributed by atoms with Gasteiger partial charge in [-0.25, -0.2) is 0 Å². The zero-order valence-corrected chi connectivity index (χ0v) is 15.4. The first-order chi connectivity index (χ1) is 11.7. The van der Waals surface area contributed by atoms with Crippen molar-refractivity contribution in [1.29, 1.82) is 0 Å². The minimum Gasteiger partial charge on any atom is -0.353 e. The maximum atomic E-state index is 12.6. The minimum atomic E-state index is -0.397. The molecule has 2 aliphatic rings. The van der Waals surface area contributed by atoms with Crippen LogP contribution in [0.2, 0.25) is 0 Å². The molecule has 0 aromatic heterocycles. The number of hydrogen-bond donors (Lipinski definition) is 2. The molecule has 2 N–H and O–H groups in total. The molecule has 1 atom stereocenters. The first-order valence-corrected chi connectivity index (χ1v) is 9.08. The molecule has 0 radical (unpaired) electrons. The van der Waals surface area contributed by atoms with Gasteiger partial charge in [-0.05, 0) is 18.4 Å². The zero-order chi connectivity index (χ0) is 16.8. The Bertz CT molecular complexity index is 561. The van der Waals surface area contributed by atoms with Gasteiger partial charge in [0.25, 0.3) is 0 Å². The molecular weight excluding hydrogens is 338 g/mol. The summed E-state index contributed by atoms with van der Waals surface area (Å²) < 4.78 is 0. The van der Waals surface area contributed by atoms with Crippen molar-refractivity contribution in [2.45, 2.75) is 57.2 Å². The summed E-state index contributed by atoms with van der Waals surface area (Å²) in [6.45, 7) is 2.04. The van der Waals surface area contributed by atoms with E-state index < -0.39 is 6.04 Å². The van der Waals surface area contributed by atoms with Crippen LogP contribution >= 0.6 is 12.4 Å². The Morgan fingerprint density at radius 1 is 1.16 bits per heavy atom. The number of rotatable bonds is 5. The van der Waals surface area contributed by atoms with Gasteiger partial charge in [0.15, 0.2) is 0 Å². The average Bonchev–Trinajstić information content (AvgIpc) is 2.60. The van der Waals surface area contributed by atoms with Crippen molar-refractivity contribution in [3.63, 3.8) is 0 Å². The molecule has 138 valence electrons. The van der Waals surface area contributed by atoms with Crippen molar-refractivity contribution in [3.8, 4) is 0 Å². The molecule has 0 spiro atoms. The molecular formula is C19H28ClN3O2. The van der Waals surface area contributed by atoms with E-state index >= 15 is 0 Å². The molecule has 5 nitrogen and oxygen atoms in total. The van der Waals surface area contributed by atoms with Gasteiger partial charge in [0.05, 0.1) is 12.5 Å². The van der Waals surface area contributed by atoms with E-state index in [0.717, 1.165) is 24.9 Å². The van der Waals surface area contributed by atoms with Crippen molar-refractivity contribution < 1.29 is 9.59 Å². The maximum absolute atomic E-state index is 12.6. The van der Waals surface area contributed by atoms with Gasteiger partial charge in [-0.1, -0.05) is 49.6 Å². The lowest BCUT2D eigenvalue weighted by molar-refractivity contribution is -0.139. The maximum Gasteiger partial charge on any atom is 0.240 e. The summed E-state index contributed by atoms with van der Waals surface area (Å²) in [6, 6.07) is 9.90. The Kier molecular flexibility index (Phi) is 7.72. The molecule has 1 aliphatic carbocycles. The van der Waals surface area contributed by atoms with Gasteiger partial charge in [0, 0.05) is 25.7 Å². The number of carbonyl (C=O) groups excluding carboxylic acids is 2. The number of piperazine rings is 1. The zero-order valence-electron chi connectivity index (χ0n) is 14.6. The fraction of sp³-hybridized carbons (Fsp3) is 0.579. The van der Waals surface area contributed by atoms with E-state index in [-0.39, 0.29) is 30.6 Å². The van der Waals surface area contributed by atoms with Crippen LogP contribution in [0, 0.1) is 0 Å². The van der Waals surface area contributed by atoms with Crippen LogP contribution < -0.4 is 10.6 Å². The summed E-state index contributed by atoms with van der Waals surface area (Å²) in [7, 11) is 0. The standard InChI is InChI=1S/C19H27N3O2.ClH/c23-18(21-16-9-5-2-6-10-16)13-17-19(24)22(12-11-20-17)14-15-7-3-1-4-8-15;/h1,3-4,7-8,16-17,20H,2,5-6,9-14H2,(H,21,23);1H. The summed E-state index contributed by atoms with van der Waals surface area (Å²) >= 11 is 0. The van der Waals surface area contributed by atoms with E-state index in [2.05, 4.69) is 10.6 Å². The Morgan fingerprint density at radius 2 is 1.88 bits per heavy atom. The SMILES string of the molecule is Cl.O=C(CC1NCCN(Cc2ccccc2)C1=O)NC1CCCCC1. The Balaban J connectivity index is 0.00000225. The highest BCUT2D eigenvalue weighted by Crippen LogP contribution is 2.18. The van der Waals surface area contributed by atoms with Gasteiger partial charge in [-0.2, -0.15) is 0 Å². The van der Waals surface area contributed by atoms with Crippen LogP contribution in [0.4, 0.5) is 0 Å². The molecule has 1 aromatic carbocycles. The molecule has 1 unspecified atom stereocenters. The van der Waals surface area contributed by atoms with E-state index in [1.165, 1.54) is 19.3 Å². The van der Waals surface area contributed by atoms with Crippen molar-refractivity contribution in [3.05, 3.63) is 35.9 Å². The highest BCUT2D eigenvalue weighted by molar-refractivity contribution is 5.89. The fourth-order valence-corrected chi connectivity index (χ4v) is 3.63. The molecule has 0 bridgehead atoms. The van der Waals surface area contributed by atoms with Crippen LogP contribution in [0.5, 0.6) is 0 Å². The lowest BCUT2D eigenvalue weighted by atomic mass is 9.95. The highest BCUT2D eigenvalue weighted by Gasteiger charge is 2.30. The van der Waals surface area contributed by atoms with Crippen molar-refractivity contribution >= 4 is 24.2 Å². The number of halogens is 1. The highest BCUT2D eigenvalue weighted by atomic mass is 35.5. The first kappa shape index (κ1) is 19.7. The second kappa shape index (κ2) is 9.78. The van der Waals surface area contributed by atoms with Crippen molar-refractivity contribution in [2.75, 3.05) is 13.1 Å². The predicted octanol–water partition coefficient (Wildman–Crippen LogP) is 2.25. The Hall–Kier alpha value is -1.59. The van der Waals surface area contributed by atoms with E-state index in [4.69, 9.17) is 0 Å². The molecule has 1 aliphatic heterocycles.